The normalized spacial score (nSPS) is 18.4. The number of allylic oxidation sites excluding steroid dienone is 1. The number of methoxy groups -OCH3 is 3. The molecule has 11 heteroatoms. The Morgan fingerprint density at radius 1 is 0.815 bits per heavy atom. The van der Waals surface area contributed by atoms with Gasteiger partial charge in [0.05, 0.1) is 51.3 Å². The molecular formula is C43H46F2N4O5. The van der Waals surface area contributed by atoms with Crippen LogP contribution >= 0.6 is 0 Å². The van der Waals surface area contributed by atoms with Crippen molar-refractivity contribution in [2.24, 2.45) is 5.41 Å². The lowest BCUT2D eigenvalue weighted by atomic mass is 9.73. The van der Waals surface area contributed by atoms with Gasteiger partial charge in [-0.25, -0.2) is 8.78 Å². The zero-order valence-electron chi connectivity index (χ0n) is 31.3. The van der Waals surface area contributed by atoms with E-state index < -0.39 is 6.04 Å². The second-order valence-corrected chi connectivity index (χ2v) is 14.9. The summed E-state index contributed by atoms with van der Waals surface area (Å²) in [5.41, 5.74) is 5.27. The number of nitrogens with one attached hydrogen (secondary N) is 1. The van der Waals surface area contributed by atoms with Crippen molar-refractivity contribution in [2.75, 3.05) is 64.3 Å². The first-order valence-electron chi connectivity index (χ1n) is 18.2. The summed E-state index contributed by atoms with van der Waals surface area (Å²) in [4.78, 5) is 35.0. The van der Waals surface area contributed by atoms with E-state index in [0.29, 0.717) is 61.8 Å². The Morgan fingerprint density at radius 2 is 1.39 bits per heavy atom. The molecule has 54 heavy (non-hydrogen) atoms. The first-order valence-corrected chi connectivity index (χ1v) is 18.2. The number of anilines is 2. The summed E-state index contributed by atoms with van der Waals surface area (Å²) < 4.78 is 45.1. The lowest BCUT2D eigenvalue weighted by molar-refractivity contribution is -0.131. The van der Waals surface area contributed by atoms with E-state index in [-0.39, 0.29) is 41.3 Å². The molecule has 0 radical (unpaired) electrons. The van der Waals surface area contributed by atoms with Crippen LogP contribution in [0.2, 0.25) is 0 Å². The number of nitrogens with zero attached hydrogens (tertiary/aromatic N) is 3. The number of rotatable bonds is 9. The first-order chi connectivity index (χ1) is 26.0. The first kappa shape index (κ1) is 36.9. The summed E-state index contributed by atoms with van der Waals surface area (Å²) >= 11 is 0. The lowest BCUT2D eigenvalue weighted by Gasteiger charge is -2.41. The molecule has 4 aromatic rings. The third-order valence-electron chi connectivity index (χ3n) is 10.7. The van der Waals surface area contributed by atoms with E-state index in [4.69, 9.17) is 14.2 Å². The monoisotopic (exact) mass is 736 g/mol. The number of Topliss-reactive ketones (excluding diaryl/α,β-unsaturated/α-hetero) is 1. The molecule has 282 valence electrons. The summed E-state index contributed by atoms with van der Waals surface area (Å²) in [6.07, 6.45) is 1.01. The molecule has 1 aliphatic carbocycles. The molecule has 4 aromatic carbocycles. The molecule has 1 atom stereocenters. The quantitative estimate of drug-likeness (QED) is 0.189. The fourth-order valence-electron chi connectivity index (χ4n) is 8.21. The number of hydrogen-bond acceptors (Lipinski definition) is 8. The van der Waals surface area contributed by atoms with Crippen molar-refractivity contribution in [1.29, 1.82) is 0 Å². The van der Waals surface area contributed by atoms with Gasteiger partial charge in [-0.3, -0.25) is 14.5 Å². The van der Waals surface area contributed by atoms with Crippen LogP contribution in [0.4, 0.5) is 20.2 Å². The largest absolute Gasteiger partial charge is 0.493 e. The van der Waals surface area contributed by atoms with E-state index in [0.717, 1.165) is 33.8 Å². The Bertz CT molecular complexity index is 1990. The number of carbonyl (C=O) groups excluding carboxylic acids is 2. The Hall–Kier alpha value is -5.42. The molecule has 7 rings (SSSR count). The summed E-state index contributed by atoms with van der Waals surface area (Å²) in [7, 11) is 4.66. The van der Waals surface area contributed by atoms with Crippen LogP contribution < -0.4 is 24.4 Å². The lowest BCUT2D eigenvalue weighted by Crippen LogP contribution is -2.52. The highest BCUT2D eigenvalue weighted by Gasteiger charge is 2.43. The summed E-state index contributed by atoms with van der Waals surface area (Å²) in [6.45, 7) is 6.17. The second-order valence-electron chi connectivity index (χ2n) is 14.9. The van der Waals surface area contributed by atoms with Gasteiger partial charge in [-0.2, -0.15) is 0 Å². The molecule has 9 nitrogen and oxygen atoms in total. The fourth-order valence-corrected chi connectivity index (χ4v) is 8.21. The SMILES string of the molecule is COc1cc(C2C3=C(CC(C)(C)CC3=O)Nc3ccccc3N2CC(=O)N2CCN(C(c3ccc(F)cc3)c3ccc(F)cc3)CC2)cc(OC)c1OC. The van der Waals surface area contributed by atoms with Crippen molar-refractivity contribution in [1.82, 2.24) is 9.80 Å². The Kier molecular flexibility index (Phi) is 10.3. The van der Waals surface area contributed by atoms with Gasteiger partial charge in [0, 0.05) is 43.9 Å². The van der Waals surface area contributed by atoms with Gasteiger partial charge >= 0.3 is 0 Å². The van der Waals surface area contributed by atoms with E-state index in [1.807, 2.05) is 46.2 Å². The van der Waals surface area contributed by atoms with Crippen LogP contribution in [-0.2, 0) is 9.59 Å². The van der Waals surface area contributed by atoms with Crippen LogP contribution in [0, 0.1) is 17.0 Å². The maximum absolute atomic E-state index is 14.5. The number of para-hydroxylation sites is 2. The van der Waals surface area contributed by atoms with Crippen molar-refractivity contribution in [3.8, 4) is 17.2 Å². The highest BCUT2D eigenvalue weighted by Crippen LogP contribution is 2.50. The van der Waals surface area contributed by atoms with Crippen molar-refractivity contribution in [2.45, 2.75) is 38.8 Å². The molecule has 1 unspecified atom stereocenters. The van der Waals surface area contributed by atoms with Crippen LogP contribution in [0.1, 0.15) is 55.5 Å². The third kappa shape index (κ3) is 7.24. The standard InChI is InChI=1S/C43H46F2N4O5/c1-43(2)24-33-39(35(50)25-43)41(29-22-36(52-3)42(54-5)37(23-29)53-4)49(34-9-7-6-8-32(34)46-33)26-38(51)47-18-20-48(21-19-47)40(27-10-14-30(44)15-11-27)28-12-16-31(45)17-13-28/h6-17,22-23,40-41,46H,18-21,24-26H2,1-5H3. The molecular weight excluding hydrogens is 690 g/mol. The van der Waals surface area contributed by atoms with Gasteiger partial charge in [0.2, 0.25) is 11.7 Å². The molecule has 2 heterocycles. The Morgan fingerprint density at radius 3 is 1.94 bits per heavy atom. The van der Waals surface area contributed by atoms with Crippen LogP contribution in [0.5, 0.6) is 17.2 Å². The Balaban J connectivity index is 1.24. The molecule has 0 spiro atoms. The number of ketones is 1. The number of ether oxygens (including phenoxy) is 3. The van der Waals surface area contributed by atoms with E-state index in [2.05, 4.69) is 24.1 Å². The summed E-state index contributed by atoms with van der Waals surface area (Å²) in [5, 5.41) is 3.62. The van der Waals surface area contributed by atoms with Crippen LogP contribution in [0.25, 0.3) is 0 Å². The second kappa shape index (κ2) is 15.1. The van der Waals surface area contributed by atoms with Gasteiger partial charge in [-0.15, -0.1) is 0 Å². The molecule has 0 saturated carbocycles. The maximum atomic E-state index is 14.5. The number of hydrogen-bond donors (Lipinski definition) is 1. The predicted molar refractivity (Wildman–Crippen MR) is 204 cm³/mol. The van der Waals surface area contributed by atoms with E-state index in [1.165, 1.54) is 24.3 Å². The van der Waals surface area contributed by atoms with Gasteiger partial charge in [0.1, 0.15) is 11.6 Å². The van der Waals surface area contributed by atoms with Crippen molar-refractivity contribution in [3.63, 3.8) is 0 Å². The fraction of sp³-hybridized carbons (Fsp3) is 0.349. The van der Waals surface area contributed by atoms with Gasteiger partial charge < -0.3 is 29.3 Å². The van der Waals surface area contributed by atoms with Crippen LogP contribution in [0.15, 0.2) is 96.2 Å². The third-order valence-corrected chi connectivity index (χ3v) is 10.7. The summed E-state index contributed by atoms with van der Waals surface area (Å²) in [5.74, 6) is 0.590. The number of benzene rings is 4. The maximum Gasteiger partial charge on any atom is 0.242 e. The number of fused-ring (bicyclic) bond motifs is 1. The molecule has 0 bridgehead atoms. The highest BCUT2D eigenvalue weighted by atomic mass is 19.1. The van der Waals surface area contributed by atoms with E-state index in [1.54, 1.807) is 45.6 Å². The molecule has 1 amide bonds. The van der Waals surface area contributed by atoms with Crippen LogP contribution in [-0.4, -0.2) is 75.5 Å². The molecule has 1 fully saturated rings. The average molecular weight is 737 g/mol. The number of piperazine rings is 1. The minimum atomic E-state index is -0.653. The topological polar surface area (TPSA) is 83.6 Å². The molecule has 0 aromatic heterocycles. The highest BCUT2D eigenvalue weighted by molar-refractivity contribution is 6.02. The molecule has 1 saturated heterocycles. The Labute approximate surface area is 315 Å². The zero-order valence-corrected chi connectivity index (χ0v) is 31.3. The van der Waals surface area contributed by atoms with Gasteiger partial charge in [0.15, 0.2) is 17.3 Å². The molecule has 2 aliphatic heterocycles. The van der Waals surface area contributed by atoms with Gasteiger partial charge in [-0.1, -0.05) is 50.2 Å². The van der Waals surface area contributed by atoms with Crippen LogP contribution in [0.3, 0.4) is 0 Å². The summed E-state index contributed by atoms with van der Waals surface area (Å²) in [6, 6.07) is 23.4. The molecule has 3 aliphatic rings. The van der Waals surface area contributed by atoms with E-state index >= 15 is 0 Å². The minimum Gasteiger partial charge on any atom is -0.493 e. The minimum absolute atomic E-state index is 0.00712. The predicted octanol–water partition coefficient (Wildman–Crippen LogP) is 7.54. The van der Waals surface area contributed by atoms with Gasteiger partial charge in [0.25, 0.3) is 0 Å². The average Bonchev–Trinajstić information content (AvgIpc) is 3.29. The molecule has 1 N–H and O–H groups in total. The van der Waals surface area contributed by atoms with Crippen molar-refractivity contribution < 1.29 is 32.6 Å². The van der Waals surface area contributed by atoms with E-state index in [9.17, 15) is 18.4 Å². The zero-order chi connectivity index (χ0) is 38.1. The number of amides is 1. The number of carbonyl (C=O) groups is 2. The van der Waals surface area contributed by atoms with Gasteiger partial charge in [-0.05, 0) is 77.1 Å². The smallest absolute Gasteiger partial charge is 0.242 e. The van der Waals surface area contributed by atoms with Crippen molar-refractivity contribution in [3.05, 3.63) is 125 Å². The van der Waals surface area contributed by atoms with Crippen molar-refractivity contribution >= 4 is 23.1 Å². The number of halogens is 2.